The minimum Gasteiger partial charge on any atom is -0.507 e. The first-order chi connectivity index (χ1) is 17.7. The predicted octanol–water partition coefficient (Wildman–Crippen LogP) is 2.39. The molecule has 0 aromatic heterocycles. The van der Waals surface area contributed by atoms with Crippen molar-refractivity contribution in [1.82, 2.24) is 10.6 Å². The fraction of sp³-hybridized carbons (Fsp3) is 0.655. The summed E-state index contributed by atoms with van der Waals surface area (Å²) in [4.78, 5) is 51.2. The number of ketones is 2. The average Bonchev–Trinajstić information content (AvgIpc) is 3.48. The Morgan fingerprint density at radius 2 is 1.86 bits per heavy atom. The van der Waals surface area contributed by atoms with Crippen molar-refractivity contribution in [3.63, 3.8) is 0 Å². The van der Waals surface area contributed by atoms with E-state index in [1.165, 1.54) is 18.6 Å². The van der Waals surface area contributed by atoms with Gasteiger partial charge in [0.05, 0.1) is 6.10 Å². The van der Waals surface area contributed by atoms with E-state index in [1.54, 1.807) is 6.08 Å². The first-order valence-electron chi connectivity index (χ1n) is 13.8. The molecule has 0 radical (unpaired) electrons. The van der Waals surface area contributed by atoms with Crippen LogP contribution in [-0.4, -0.2) is 52.3 Å². The zero-order valence-electron chi connectivity index (χ0n) is 21.6. The molecule has 4 N–H and O–H groups in total. The van der Waals surface area contributed by atoms with E-state index in [0.717, 1.165) is 12.8 Å². The summed E-state index contributed by atoms with van der Waals surface area (Å²) in [6.45, 7) is 4.68. The molecule has 1 saturated heterocycles. The van der Waals surface area contributed by atoms with E-state index in [0.29, 0.717) is 36.5 Å². The Bertz CT molecular complexity index is 1080. The number of carbonyl (C=O) groups is 4. The Labute approximate surface area is 217 Å². The van der Waals surface area contributed by atoms with Crippen molar-refractivity contribution in [2.45, 2.75) is 64.5 Å². The van der Waals surface area contributed by atoms with E-state index in [2.05, 4.69) is 24.5 Å². The lowest BCUT2D eigenvalue weighted by Crippen LogP contribution is -2.42. The van der Waals surface area contributed by atoms with Crippen molar-refractivity contribution >= 4 is 23.4 Å². The highest BCUT2D eigenvalue weighted by Gasteiger charge is 2.58. The minimum absolute atomic E-state index is 0.0374. The van der Waals surface area contributed by atoms with E-state index < -0.39 is 29.6 Å². The Morgan fingerprint density at radius 3 is 2.62 bits per heavy atom. The molecule has 3 unspecified atom stereocenters. The molecule has 4 fully saturated rings. The van der Waals surface area contributed by atoms with Gasteiger partial charge in [-0.2, -0.15) is 0 Å². The van der Waals surface area contributed by atoms with E-state index in [1.807, 2.05) is 6.08 Å². The number of aliphatic hydroxyl groups is 2. The maximum absolute atomic E-state index is 13.5. The van der Waals surface area contributed by atoms with Crippen LogP contribution in [0.4, 0.5) is 0 Å². The van der Waals surface area contributed by atoms with Gasteiger partial charge in [0.25, 0.3) is 5.91 Å². The number of carbonyl (C=O) groups excluding carboxylic acids is 4. The van der Waals surface area contributed by atoms with Crippen molar-refractivity contribution < 1.29 is 29.4 Å². The van der Waals surface area contributed by atoms with E-state index >= 15 is 0 Å². The summed E-state index contributed by atoms with van der Waals surface area (Å²) in [7, 11) is 0. The number of nitrogens with one attached hydrogen (secondary N) is 2. The second-order valence-electron chi connectivity index (χ2n) is 11.7. The summed E-state index contributed by atoms with van der Waals surface area (Å²) < 4.78 is 0. The van der Waals surface area contributed by atoms with Gasteiger partial charge in [-0.05, 0) is 79.3 Å². The normalized spacial score (nSPS) is 46.0. The Morgan fingerprint density at radius 1 is 1.08 bits per heavy atom. The fourth-order valence-electron chi connectivity index (χ4n) is 8.25. The SMILES string of the molecule is CC[C@H]1C[C@@H]2C[C@@H]3[C@@H]4C/C=C\C(=O)NCCC(O)C5NC(=O)/C(=C(O)\C=C\[C@H]4CC(=O)[C@@H]3[C@@H]2C1C)C5=O. The van der Waals surface area contributed by atoms with Crippen LogP contribution in [0.5, 0.6) is 0 Å². The van der Waals surface area contributed by atoms with E-state index in [-0.39, 0.29) is 53.9 Å². The summed E-state index contributed by atoms with van der Waals surface area (Å²) in [6.07, 6.45) is 9.70. The Hall–Kier alpha value is -2.74. The van der Waals surface area contributed by atoms with Gasteiger partial charge in [0.1, 0.15) is 23.2 Å². The monoisotopic (exact) mass is 510 g/mol. The molecule has 2 bridgehead atoms. The highest BCUT2D eigenvalue weighted by Crippen LogP contribution is 2.61. The molecule has 8 heteroatoms. The third kappa shape index (κ3) is 4.58. The lowest BCUT2D eigenvalue weighted by molar-refractivity contribution is -0.131. The zero-order valence-corrected chi connectivity index (χ0v) is 21.6. The van der Waals surface area contributed by atoms with E-state index in [9.17, 15) is 29.4 Å². The van der Waals surface area contributed by atoms with Crippen LogP contribution in [0.3, 0.4) is 0 Å². The quantitative estimate of drug-likeness (QED) is 0.401. The molecule has 5 rings (SSSR count). The molecule has 3 saturated carbocycles. The number of hydrogen-bond acceptors (Lipinski definition) is 6. The molecule has 10 atom stereocenters. The first-order valence-corrected chi connectivity index (χ1v) is 13.8. The van der Waals surface area contributed by atoms with Crippen LogP contribution in [0.1, 0.15) is 52.4 Å². The number of aliphatic hydroxyl groups excluding tert-OH is 2. The highest BCUT2D eigenvalue weighted by molar-refractivity contribution is 6.27. The van der Waals surface area contributed by atoms with Crippen LogP contribution >= 0.6 is 0 Å². The predicted molar refractivity (Wildman–Crippen MR) is 136 cm³/mol. The minimum atomic E-state index is -1.20. The van der Waals surface area contributed by atoms with Crippen molar-refractivity contribution in [1.29, 1.82) is 0 Å². The van der Waals surface area contributed by atoms with Crippen molar-refractivity contribution in [2.24, 2.45) is 47.3 Å². The van der Waals surface area contributed by atoms with Gasteiger partial charge in [-0.1, -0.05) is 32.4 Å². The van der Waals surface area contributed by atoms with Gasteiger partial charge < -0.3 is 20.8 Å². The fourth-order valence-corrected chi connectivity index (χ4v) is 8.25. The van der Waals surface area contributed by atoms with E-state index in [4.69, 9.17) is 0 Å². The topological polar surface area (TPSA) is 133 Å². The largest absolute Gasteiger partial charge is 0.507 e. The smallest absolute Gasteiger partial charge is 0.259 e. The van der Waals surface area contributed by atoms with Crippen LogP contribution < -0.4 is 10.6 Å². The molecule has 37 heavy (non-hydrogen) atoms. The lowest BCUT2D eigenvalue weighted by Gasteiger charge is -2.40. The first kappa shape index (κ1) is 25.9. The molecular formula is C29H38N2O6. The number of rotatable bonds is 1. The van der Waals surface area contributed by atoms with Gasteiger partial charge in [-0.3, -0.25) is 19.2 Å². The van der Waals surface area contributed by atoms with Crippen LogP contribution in [0.2, 0.25) is 0 Å². The molecule has 5 aliphatic rings. The maximum atomic E-state index is 13.5. The summed E-state index contributed by atoms with van der Waals surface area (Å²) in [5, 5.41) is 26.3. The molecule has 0 aromatic rings. The molecule has 2 heterocycles. The number of Topliss-reactive ketones (excluding diaryl/α,β-unsaturated/α-hetero) is 2. The van der Waals surface area contributed by atoms with Gasteiger partial charge in [-0.15, -0.1) is 0 Å². The van der Waals surface area contributed by atoms with Crippen LogP contribution in [0, 0.1) is 47.3 Å². The van der Waals surface area contributed by atoms with Crippen LogP contribution in [0.15, 0.2) is 35.6 Å². The molecule has 0 spiro atoms. The van der Waals surface area contributed by atoms with Gasteiger partial charge >= 0.3 is 0 Å². The lowest BCUT2D eigenvalue weighted by atomic mass is 9.63. The summed E-state index contributed by atoms with van der Waals surface area (Å²) in [6, 6.07) is -1.17. The number of hydrogen-bond donors (Lipinski definition) is 4. The summed E-state index contributed by atoms with van der Waals surface area (Å²) in [5.74, 6) is 0.507. The molecule has 8 nitrogen and oxygen atoms in total. The number of amides is 2. The van der Waals surface area contributed by atoms with Crippen molar-refractivity contribution in [2.75, 3.05) is 6.54 Å². The zero-order chi connectivity index (χ0) is 26.4. The van der Waals surface area contributed by atoms with Gasteiger partial charge in [0.15, 0.2) is 5.78 Å². The molecule has 200 valence electrons. The van der Waals surface area contributed by atoms with Gasteiger partial charge in [0.2, 0.25) is 5.91 Å². The highest BCUT2D eigenvalue weighted by atomic mass is 16.3. The third-order valence-corrected chi connectivity index (χ3v) is 9.99. The molecule has 3 aliphatic carbocycles. The molecular weight excluding hydrogens is 472 g/mol. The third-order valence-electron chi connectivity index (χ3n) is 9.99. The van der Waals surface area contributed by atoms with Crippen LogP contribution in [-0.2, 0) is 19.2 Å². The Kier molecular flexibility index (Phi) is 7.14. The number of allylic oxidation sites excluding steroid dienone is 3. The molecule has 2 aliphatic heterocycles. The Balaban J connectivity index is 1.47. The summed E-state index contributed by atoms with van der Waals surface area (Å²) in [5.41, 5.74) is -0.372. The van der Waals surface area contributed by atoms with Crippen molar-refractivity contribution in [3.05, 3.63) is 35.6 Å². The second-order valence-corrected chi connectivity index (χ2v) is 11.7. The number of fused-ring (bicyclic) bond motifs is 7. The summed E-state index contributed by atoms with van der Waals surface area (Å²) >= 11 is 0. The molecule has 2 amide bonds. The van der Waals surface area contributed by atoms with Gasteiger partial charge in [-0.25, -0.2) is 0 Å². The van der Waals surface area contributed by atoms with Gasteiger partial charge in [0, 0.05) is 18.9 Å². The molecule has 0 aromatic carbocycles. The standard InChI is InChI=1S/C29H38N2O6/c1-3-15-11-17-12-19-18-5-4-6-23(35)30-10-9-21(33)27-28(36)26(29(37)31-27)20(32)8-7-16(18)13-22(34)25(19)24(17)14(15)2/h4,6-8,14-19,21,24-25,27,32-33H,3,5,9-13H2,1-2H3,(H,30,35)(H,31,37)/b6-4-,8-7+,26-20+/t14?,15-,16-,17+,18+,19+,21?,24+,25+,27?/m0/s1. The van der Waals surface area contributed by atoms with Crippen LogP contribution in [0.25, 0.3) is 0 Å². The maximum Gasteiger partial charge on any atom is 0.259 e. The average molecular weight is 511 g/mol. The van der Waals surface area contributed by atoms with Crippen molar-refractivity contribution in [3.8, 4) is 0 Å². The second kappa shape index (κ2) is 10.2.